The van der Waals surface area contributed by atoms with Gasteiger partial charge < -0.3 is 15.3 Å². The van der Waals surface area contributed by atoms with Crippen molar-refractivity contribution in [2.24, 2.45) is 0 Å². The van der Waals surface area contributed by atoms with Crippen LogP contribution in [0.15, 0.2) is 24.6 Å². The lowest BCUT2D eigenvalue weighted by molar-refractivity contribution is 0.209. The van der Waals surface area contributed by atoms with E-state index in [4.69, 9.17) is 5.11 Å². The highest BCUT2D eigenvalue weighted by atomic mass is 16.3. The molecule has 12 heavy (non-hydrogen) atoms. The molecule has 66 valence electrons. The second kappa shape index (κ2) is 3.92. The number of aliphatic hydroxyl groups excluding tert-OH is 1. The number of nitrogens with one attached hydrogen (secondary N) is 1. The molecular formula is C8H12N2O2. The Kier molecular flexibility index (Phi) is 2.88. The van der Waals surface area contributed by atoms with Crippen molar-refractivity contribution in [3.05, 3.63) is 24.6 Å². The van der Waals surface area contributed by atoms with Crippen molar-refractivity contribution in [2.75, 3.05) is 13.2 Å². The molecule has 4 heteroatoms. The summed E-state index contributed by atoms with van der Waals surface area (Å²) in [6.45, 7) is 4.21. The molecule has 2 amide bonds. The van der Waals surface area contributed by atoms with Crippen LogP contribution in [-0.4, -0.2) is 29.2 Å². The maximum absolute atomic E-state index is 11.1. The van der Waals surface area contributed by atoms with Crippen molar-refractivity contribution in [3.63, 3.8) is 0 Å². The Bertz CT molecular complexity index is 223. The summed E-state index contributed by atoms with van der Waals surface area (Å²) in [7, 11) is 0. The van der Waals surface area contributed by atoms with Crippen LogP contribution >= 0.6 is 0 Å². The predicted octanol–water partition coefficient (Wildman–Crippen LogP) is 0.421. The molecule has 1 heterocycles. The first-order valence-electron chi connectivity index (χ1n) is 3.79. The van der Waals surface area contributed by atoms with Crippen molar-refractivity contribution >= 4 is 6.03 Å². The van der Waals surface area contributed by atoms with Crippen LogP contribution in [0.25, 0.3) is 0 Å². The van der Waals surface area contributed by atoms with Gasteiger partial charge in [0.1, 0.15) is 0 Å². The predicted molar refractivity (Wildman–Crippen MR) is 45.2 cm³/mol. The molecule has 0 saturated heterocycles. The van der Waals surface area contributed by atoms with E-state index >= 15 is 0 Å². The van der Waals surface area contributed by atoms with Crippen LogP contribution in [0.5, 0.6) is 0 Å². The number of amides is 2. The highest BCUT2D eigenvalue weighted by molar-refractivity contribution is 5.79. The summed E-state index contributed by atoms with van der Waals surface area (Å²) in [5, 5.41) is 11.1. The minimum atomic E-state index is -0.184. The molecule has 0 bridgehead atoms. The van der Waals surface area contributed by atoms with Crippen molar-refractivity contribution < 1.29 is 9.90 Å². The highest BCUT2D eigenvalue weighted by Crippen LogP contribution is 2.03. The third-order valence-electron chi connectivity index (χ3n) is 1.54. The van der Waals surface area contributed by atoms with Crippen LogP contribution in [0.1, 0.15) is 6.42 Å². The molecular weight excluding hydrogens is 156 g/mol. The van der Waals surface area contributed by atoms with Gasteiger partial charge in [-0.25, -0.2) is 4.79 Å². The summed E-state index contributed by atoms with van der Waals surface area (Å²) >= 11 is 0. The van der Waals surface area contributed by atoms with Crippen LogP contribution in [-0.2, 0) is 0 Å². The normalized spacial score (nSPS) is 16.6. The molecule has 0 atom stereocenters. The fourth-order valence-electron chi connectivity index (χ4n) is 0.916. The van der Waals surface area contributed by atoms with E-state index in [0.717, 1.165) is 0 Å². The average Bonchev–Trinajstić information content (AvgIpc) is 2.03. The summed E-state index contributed by atoms with van der Waals surface area (Å²) in [6.07, 6.45) is 3.97. The van der Waals surface area contributed by atoms with Crippen LogP contribution in [0.3, 0.4) is 0 Å². The molecule has 0 aromatic heterocycles. The van der Waals surface area contributed by atoms with Gasteiger partial charge in [-0.2, -0.15) is 0 Å². The van der Waals surface area contributed by atoms with E-state index in [-0.39, 0.29) is 12.6 Å². The van der Waals surface area contributed by atoms with E-state index in [1.54, 1.807) is 12.3 Å². The van der Waals surface area contributed by atoms with E-state index in [0.29, 0.717) is 18.7 Å². The van der Waals surface area contributed by atoms with Gasteiger partial charge in [0.15, 0.2) is 0 Å². The third-order valence-corrected chi connectivity index (χ3v) is 1.54. The fraction of sp³-hybridized carbons (Fsp3) is 0.375. The number of urea groups is 1. The van der Waals surface area contributed by atoms with E-state index in [9.17, 15) is 4.79 Å². The number of allylic oxidation sites excluding steroid dienone is 1. The maximum atomic E-state index is 11.1. The zero-order chi connectivity index (χ0) is 8.97. The van der Waals surface area contributed by atoms with Crippen molar-refractivity contribution in [1.82, 2.24) is 10.2 Å². The molecule has 0 radical (unpaired) electrons. The lowest BCUT2D eigenvalue weighted by Crippen LogP contribution is -2.39. The average molecular weight is 168 g/mol. The molecule has 0 aromatic rings. The topological polar surface area (TPSA) is 52.6 Å². The number of rotatable bonds is 3. The fourth-order valence-corrected chi connectivity index (χ4v) is 0.916. The van der Waals surface area contributed by atoms with Gasteiger partial charge in [-0.1, -0.05) is 6.58 Å². The van der Waals surface area contributed by atoms with Crippen LogP contribution in [0, 0.1) is 0 Å². The minimum absolute atomic E-state index is 0.0958. The molecule has 0 aromatic carbocycles. The Morgan fingerprint density at radius 2 is 2.42 bits per heavy atom. The summed E-state index contributed by atoms with van der Waals surface area (Å²) < 4.78 is 0. The maximum Gasteiger partial charge on any atom is 0.325 e. The standard InChI is InChI=1S/C8H12N2O2/c1-7-3-5-10(4-2-6-11)8(12)9-7/h3,5,11H,1-2,4,6H2,(H,9,12). The Balaban J connectivity index is 2.48. The van der Waals surface area contributed by atoms with Crippen LogP contribution in [0.4, 0.5) is 4.79 Å². The first kappa shape index (κ1) is 8.80. The molecule has 0 saturated carbocycles. The number of hydrogen-bond donors (Lipinski definition) is 2. The number of hydrogen-bond acceptors (Lipinski definition) is 2. The van der Waals surface area contributed by atoms with Gasteiger partial charge in [0.05, 0.1) is 0 Å². The summed E-state index contributed by atoms with van der Waals surface area (Å²) in [6, 6.07) is -0.184. The number of carbonyl (C=O) groups excluding carboxylic acids is 1. The Morgan fingerprint density at radius 3 is 3.00 bits per heavy atom. The third kappa shape index (κ3) is 2.10. The first-order chi connectivity index (χ1) is 5.74. The smallest absolute Gasteiger partial charge is 0.325 e. The van der Waals surface area contributed by atoms with E-state index in [1.807, 2.05) is 0 Å². The molecule has 2 N–H and O–H groups in total. The van der Waals surface area contributed by atoms with E-state index < -0.39 is 0 Å². The zero-order valence-corrected chi connectivity index (χ0v) is 6.79. The van der Waals surface area contributed by atoms with Crippen molar-refractivity contribution in [2.45, 2.75) is 6.42 Å². The SMILES string of the molecule is C=C1C=CN(CCCO)C(=O)N1. The van der Waals surface area contributed by atoms with Gasteiger partial charge in [0.25, 0.3) is 0 Å². The second-order valence-electron chi connectivity index (χ2n) is 2.54. The second-order valence-corrected chi connectivity index (χ2v) is 2.54. The van der Waals surface area contributed by atoms with Crippen molar-refractivity contribution in [1.29, 1.82) is 0 Å². The first-order valence-corrected chi connectivity index (χ1v) is 3.79. The van der Waals surface area contributed by atoms with Crippen LogP contribution < -0.4 is 5.32 Å². The zero-order valence-electron chi connectivity index (χ0n) is 6.79. The summed E-state index contributed by atoms with van der Waals surface area (Å²) in [4.78, 5) is 12.6. The molecule has 0 aliphatic carbocycles. The molecule has 0 spiro atoms. The van der Waals surface area contributed by atoms with Crippen LogP contribution in [0.2, 0.25) is 0 Å². The molecule has 4 nitrogen and oxygen atoms in total. The van der Waals surface area contributed by atoms with Gasteiger partial charge in [0.2, 0.25) is 0 Å². The number of aliphatic hydroxyl groups is 1. The number of carbonyl (C=O) groups is 1. The van der Waals surface area contributed by atoms with Gasteiger partial charge in [-0.3, -0.25) is 0 Å². The largest absolute Gasteiger partial charge is 0.396 e. The molecule has 1 aliphatic rings. The van der Waals surface area contributed by atoms with Crippen molar-refractivity contribution in [3.8, 4) is 0 Å². The molecule has 1 aliphatic heterocycles. The Morgan fingerprint density at radius 1 is 1.67 bits per heavy atom. The van der Waals surface area contributed by atoms with Gasteiger partial charge >= 0.3 is 6.03 Å². The quantitative estimate of drug-likeness (QED) is 0.641. The van der Waals surface area contributed by atoms with Gasteiger partial charge in [0, 0.05) is 25.0 Å². The van der Waals surface area contributed by atoms with Gasteiger partial charge in [-0.15, -0.1) is 0 Å². The minimum Gasteiger partial charge on any atom is -0.396 e. The number of nitrogens with zero attached hydrogens (tertiary/aromatic N) is 1. The van der Waals surface area contributed by atoms with E-state index in [1.165, 1.54) is 4.90 Å². The monoisotopic (exact) mass is 168 g/mol. The molecule has 1 rings (SSSR count). The van der Waals surface area contributed by atoms with Gasteiger partial charge in [-0.05, 0) is 12.5 Å². The lowest BCUT2D eigenvalue weighted by atomic mass is 10.3. The summed E-state index contributed by atoms with van der Waals surface area (Å²) in [5.74, 6) is 0. The van der Waals surface area contributed by atoms with E-state index in [2.05, 4.69) is 11.9 Å². The Labute approximate surface area is 71.2 Å². The Hall–Kier alpha value is -1.29. The highest BCUT2D eigenvalue weighted by Gasteiger charge is 2.13. The lowest BCUT2D eigenvalue weighted by Gasteiger charge is -2.22. The molecule has 0 unspecified atom stereocenters. The molecule has 0 fully saturated rings. The summed E-state index contributed by atoms with van der Waals surface area (Å²) in [5.41, 5.74) is 0.597.